The molecule has 0 aliphatic rings. The molecule has 0 amide bonds. The van der Waals surface area contributed by atoms with Gasteiger partial charge in [-0.3, -0.25) is 0 Å². The highest BCUT2D eigenvalue weighted by Crippen LogP contribution is 2.23. The molecule has 0 fully saturated rings. The van der Waals surface area contributed by atoms with Crippen LogP contribution in [0.25, 0.3) is 0 Å². The lowest BCUT2D eigenvalue weighted by Crippen LogP contribution is -2.15. The number of carbonyl (C=O) groups is 1. The highest BCUT2D eigenvalue weighted by Gasteiger charge is 2.28. The van der Waals surface area contributed by atoms with Gasteiger partial charge in [-0.1, -0.05) is 6.92 Å². The molecule has 8 heteroatoms. The maximum atomic E-state index is 12.2. The van der Waals surface area contributed by atoms with Crippen LogP contribution in [-0.4, -0.2) is 28.8 Å². The Hall–Kier alpha value is -1.73. The molecule has 0 aliphatic carbocycles. The number of esters is 1. The molecule has 1 heterocycles. The maximum absolute atomic E-state index is 12.2. The monoisotopic (exact) mass is 265 g/mol. The van der Waals surface area contributed by atoms with Crippen LogP contribution in [0.15, 0.2) is 0 Å². The Kier molecular flexibility index (Phi) is 4.20. The van der Waals surface area contributed by atoms with Gasteiger partial charge in [0.15, 0.2) is 5.69 Å². The Balaban J connectivity index is 3.03. The number of methoxy groups -OCH3 is 1. The molecule has 1 aromatic heterocycles. The average Bonchev–Trinajstić information content (AvgIpc) is 2.61. The van der Waals surface area contributed by atoms with Gasteiger partial charge in [0.05, 0.1) is 13.5 Å². The van der Waals surface area contributed by atoms with Crippen molar-refractivity contribution in [1.29, 1.82) is 0 Å². The first-order valence-electron chi connectivity index (χ1n) is 5.30. The molecule has 0 bridgehead atoms. The molecule has 0 aromatic carbocycles. The van der Waals surface area contributed by atoms with Gasteiger partial charge in [0.25, 0.3) is 0 Å². The zero-order valence-corrected chi connectivity index (χ0v) is 10.0. The molecule has 5 nitrogen and oxygen atoms in total. The summed E-state index contributed by atoms with van der Waals surface area (Å²) < 4.78 is 42.2. The largest absolute Gasteiger partial charge is 0.464 e. The molecule has 18 heavy (non-hydrogen) atoms. The number of carbonyl (C=O) groups excluding carboxylic acids is 1. The van der Waals surface area contributed by atoms with Crippen molar-refractivity contribution in [2.45, 2.75) is 32.5 Å². The van der Waals surface area contributed by atoms with Gasteiger partial charge in [-0.05, 0) is 0 Å². The predicted molar refractivity (Wildman–Crippen MR) is 58.0 cm³/mol. The summed E-state index contributed by atoms with van der Waals surface area (Å²) >= 11 is 0. The van der Waals surface area contributed by atoms with Crippen LogP contribution in [0, 0.1) is 0 Å². The molecule has 0 saturated heterocycles. The van der Waals surface area contributed by atoms with Gasteiger partial charge in [0, 0.05) is 13.0 Å². The summed E-state index contributed by atoms with van der Waals surface area (Å²) in [5, 5.41) is 0. The number of nitrogens with zero attached hydrogens (tertiary/aromatic N) is 2. The second-order valence-corrected chi connectivity index (χ2v) is 3.62. The van der Waals surface area contributed by atoms with Crippen molar-refractivity contribution in [3.63, 3.8) is 0 Å². The third-order valence-corrected chi connectivity index (χ3v) is 2.40. The highest BCUT2D eigenvalue weighted by atomic mass is 19.4. The Bertz CT molecular complexity index is 440. The van der Waals surface area contributed by atoms with E-state index in [1.54, 1.807) is 6.92 Å². The van der Waals surface area contributed by atoms with E-state index in [1.807, 2.05) is 0 Å². The number of alkyl halides is 3. The number of rotatable bonds is 4. The van der Waals surface area contributed by atoms with Crippen LogP contribution >= 0.6 is 0 Å². The van der Waals surface area contributed by atoms with Crippen molar-refractivity contribution in [1.82, 2.24) is 9.55 Å². The molecule has 0 aliphatic heterocycles. The van der Waals surface area contributed by atoms with Crippen LogP contribution < -0.4 is 5.73 Å². The van der Waals surface area contributed by atoms with Crippen molar-refractivity contribution >= 4 is 11.8 Å². The van der Waals surface area contributed by atoms with Crippen molar-refractivity contribution in [3.8, 4) is 0 Å². The fourth-order valence-corrected chi connectivity index (χ4v) is 1.52. The fraction of sp³-hybridized carbons (Fsp3) is 0.600. The minimum Gasteiger partial charge on any atom is -0.464 e. The van der Waals surface area contributed by atoms with Crippen molar-refractivity contribution in [3.05, 3.63) is 11.5 Å². The number of nitrogens with two attached hydrogens (primary N) is 1. The Morgan fingerprint density at radius 1 is 1.50 bits per heavy atom. The van der Waals surface area contributed by atoms with Gasteiger partial charge in [-0.25, -0.2) is 9.78 Å². The topological polar surface area (TPSA) is 70.1 Å². The molecule has 0 unspecified atom stereocenters. The number of hydrogen-bond donors (Lipinski definition) is 1. The first-order chi connectivity index (χ1) is 8.30. The van der Waals surface area contributed by atoms with Gasteiger partial charge >= 0.3 is 12.1 Å². The molecule has 0 atom stereocenters. The summed E-state index contributed by atoms with van der Waals surface area (Å²) in [5.74, 6) is -0.520. The number of ether oxygens (including phenoxy) is 1. The molecule has 0 radical (unpaired) electrons. The van der Waals surface area contributed by atoms with Crippen molar-refractivity contribution < 1.29 is 22.7 Å². The summed E-state index contributed by atoms with van der Waals surface area (Å²) in [5.41, 5.74) is 5.48. The van der Waals surface area contributed by atoms with E-state index in [2.05, 4.69) is 9.72 Å². The van der Waals surface area contributed by atoms with Crippen LogP contribution in [0.5, 0.6) is 0 Å². The molecular weight excluding hydrogens is 251 g/mol. The van der Waals surface area contributed by atoms with E-state index in [0.717, 1.165) is 7.11 Å². The normalized spacial score (nSPS) is 11.6. The molecule has 0 spiro atoms. The van der Waals surface area contributed by atoms with Crippen LogP contribution in [0.4, 0.5) is 19.0 Å². The van der Waals surface area contributed by atoms with Crippen molar-refractivity contribution in [2.24, 2.45) is 0 Å². The van der Waals surface area contributed by atoms with Crippen LogP contribution in [0.3, 0.4) is 0 Å². The van der Waals surface area contributed by atoms with E-state index in [0.29, 0.717) is 12.2 Å². The summed E-state index contributed by atoms with van der Waals surface area (Å²) in [6, 6.07) is 0. The summed E-state index contributed by atoms with van der Waals surface area (Å²) in [7, 11) is 1.15. The molecule has 2 N–H and O–H groups in total. The van der Waals surface area contributed by atoms with E-state index < -0.39 is 18.6 Å². The predicted octanol–water partition coefficient (Wildman–Crippen LogP) is 1.77. The lowest BCUT2D eigenvalue weighted by Gasteiger charge is -2.10. The number of aromatic nitrogens is 2. The van der Waals surface area contributed by atoms with E-state index in [9.17, 15) is 18.0 Å². The van der Waals surface area contributed by atoms with Crippen LogP contribution in [0.1, 0.15) is 29.7 Å². The molecule has 102 valence electrons. The third-order valence-electron chi connectivity index (χ3n) is 2.40. The van der Waals surface area contributed by atoms with E-state index in [1.165, 1.54) is 4.57 Å². The summed E-state index contributed by atoms with van der Waals surface area (Å²) in [6.45, 7) is 1.36. The minimum atomic E-state index is -4.28. The quantitative estimate of drug-likeness (QED) is 0.842. The van der Waals surface area contributed by atoms with Crippen molar-refractivity contribution in [2.75, 3.05) is 12.8 Å². The maximum Gasteiger partial charge on any atom is 0.390 e. The Labute approximate surface area is 102 Å². The number of halogens is 3. The zero-order valence-electron chi connectivity index (χ0n) is 10.0. The summed E-state index contributed by atoms with van der Waals surface area (Å²) in [4.78, 5) is 15.2. The van der Waals surface area contributed by atoms with Gasteiger partial charge in [0.2, 0.25) is 0 Å². The second kappa shape index (κ2) is 5.28. The van der Waals surface area contributed by atoms with Gasteiger partial charge in [-0.2, -0.15) is 13.2 Å². The van der Waals surface area contributed by atoms with Gasteiger partial charge in [-0.15, -0.1) is 0 Å². The van der Waals surface area contributed by atoms with Crippen LogP contribution in [0.2, 0.25) is 0 Å². The number of imidazole rings is 1. The molecular formula is C10H14F3N3O2. The van der Waals surface area contributed by atoms with Gasteiger partial charge in [0.1, 0.15) is 11.6 Å². The molecule has 0 saturated carbocycles. The number of nitrogen functional groups attached to an aromatic ring is 1. The Morgan fingerprint density at radius 2 is 2.11 bits per heavy atom. The summed E-state index contributed by atoms with van der Waals surface area (Å²) in [6.07, 6.45) is -4.94. The second-order valence-electron chi connectivity index (χ2n) is 3.62. The number of aryl methyl sites for hydroxylation is 1. The highest BCUT2D eigenvalue weighted by molar-refractivity contribution is 5.92. The Morgan fingerprint density at radius 3 is 2.56 bits per heavy atom. The van der Waals surface area contributed by atoms with Crippen LogP contribution in [-0.2, 0) is 17.7 Å². The lowest BCUT2D eigenvalue weighted by atomic mass is 10.3. The zero-order chi connectivity index (χ0) is 13.9. The SMILES string of the molecule is CCc1nc(C(=O)OC)c(N)n1CCC(F)(F)F. The first-order valence-corrected chi connectivity index (χ1v) is 5.30. The number of anilines is 1. The molecule has 1 rings (SSSR count). The fourth-order valence-electron chi connectivity index (χ4n) is 1.52. The third kappa shape index (κ3) is 3.14. The lowest BCUT2D eigenvalue weighted by molar-refractivity contribution is -0.136. The molecule has 1 aromatic rings. The average molecular weight is 265 g/mol. The van der Waals surface area contributed by atoms with E-state index in [-0.39, 0.29) is 18.1 Å². The van der Waals surface area contributed by atoms with Gasteiger partial charge < -0.3 is 15.0 Å². The van der Waals surface area contributed by atoms with E-state index in [4.69, 9.17) is 5.73 Å². The van der Waals surface area contributed by atoms with E-state index >= 15 is 0 Å². The minimum absolute atomic E-state index is 0.0945. The smallest absolute Gasteiger partial charge is 0.390 e. The first kappa shape index (κ1) is 14.3. The standard InChI is InChI=1S/C10H14F3N3O2/c1-3-6-15-7(9(17)18-2)8(14)16(6)5-4-10(11,12)13/h3-5,14H2,1-2H3. The number of hydrogen-bond acceptors (Lipinski definition) is 4.